The van der Waals surface area contributed by atoms with Gasteiger partial charge in [0.1, 0.15) is 78.6 Å². The van der Waals surface area contributed by atoms with Crippen molar-refractivity contribution in [1.29, 1.82) is 10.5 Å². The smallest absolute Gasteiger partial charge is 0.387 e. The summed E-state index contributed by atoms with van der Waals surface area (Å²) in [6.07, 6.45) is 9.74. The van der Waals surface area contributed by atoms with Crippen molar-refractivity contribution in [3.8, 4) is 12.1 Å². The lowest BCUT2D eigenvalue weighted by Gasteiger charge is -2.26. The molecule has 25 heteroatoms. The van der Waals surface area contributed by atoms with Gasteiger partial charge in [-0.2, -0.15) is 20.7 Å². The van der Waals surface area contributed by atoms with E-state index in [9.17, 15) is 44.3 Å². The van der Waals surface area contributed by atoms with Gasteiger partial charge in [0.25, 0.3) is 0 Å². The van der Waals surface area contributed by atoms with Crippen molar-refractivity contribution in [3.63, 3.8) is 0 Å². The van der Waals surface area contributed by atoms with Crippen LogP contribution in [0.15, 0.2) is 55.1 Å². The number of fused-ring (bicyclic) bond motifs is 2. The number of aliphatic hydroxyl groups is 4. The molecule has 2 aliphatic rings. The molecule has 6 heterocycles. The molecule has 1 aromatic carbocycles. The normalized spacial score (nSPS) is 24.0. The average Bonchev–Trinajstić information content (AvgIpc) is 4.26. The minimum absolute atomic E-state index is 0.0220. The van der Waals surface area contributed by atoms with Crippen LogP contribution >= 0.6 is 7.82 Å². The number of aliphatic hydroxyl groups excluding tert-OH is 4. The fourth-order valence-corrected chi connectivity index (χ4v) is 10.9. The van der Waals surface area contributed by atoms with E-state index in [4.69, 9.17) is 44.0 Å². The van der Waals surface area contributed by atoms with Crippen molar-refractivity contribution in [3.05, 3.63) is 83.7 Å². The molecular formula is C52H71F2N10O12P. The lowest BCUT2D eigenvalue weighted by atomic mass is 9.92. The van der Waals surface area contributed by atoms with Crippen LogP contribution in [0.2, 0.25) is 0 Å². The van der Waals surface area contributed by atoms with Crippen LogP contribution in [0.5, 0.6) is 0 Å². The van der Waals surface area contributed by atoms with Crippen molar-refractivity contribution in [2.24, 2.45) is 0 Å². The maximum atomic E-state index is 14.9. The van der Waals surface area contributed by atoms with Gasteiger partial charge in [-0.05, 0) is 48.4 Å². The Labute approximate surface area is 445 Å². The second-order valence-corrected chi connectivity index (χ2v) is 21.3. The third kappa shape index (κ3) is 14.3. The van der Waals surface area contributed by atoms with Crippen LogP contribution in [0.4, 0.5) is 20.4 Å². The van der Waals surface area contributed by atoms with E-state index in [1.165, 1.54) is 116 Å². The van der Waals surface area contributed by atoms with Crippen LogP contribution in [-0.2, 0) is 54.9 Å². The van der Waals surface area contributed by atoms with Crippen molar-refractivity contribution < 1.29 is 66.3 Å². The molecule has 4 aromatic heterocycles. The first-order valence-corrected chi connectivity index (χ1v) is 27.9. The number of hydrogen-bond acceptors (Lipinski definition) is 20. The second-order valence-electron chi connectivity index (χ2n) is 19.6. The SMILES string of the molecule is CCCCCCCCCCCCCCCCCCOC[C@H](COP(=O)(OC[C@H]1O[C@@](C#N)(c2ccc3c(N)ncnn23)[C@H](O)[C@@H]1O)OC[C@H]1O[C@@](C#N)(c2ccc3c(N)ncnn23)[C@H](O)[C@@H]1O)OCc1ccc(F)c(F)c1. The number of nitrogens with two attached hydrogens (primary N) is 2. The number of nitriles is 2. The lowest BCUT2D eigenvalue weighted by molar-refractivity contribution is -0.0802. The quantitative estimate of drug-likeness (QED) is 0.0190. The number of unbranched alkanes of at least 4 members (excludes halogenated alkanes) is 15. The van der Waals surface area contributed by atoms with Gasteiger partial charge in [0, 0.05) is 6.61 Å². The summed E-state index contributed by atoms with van der Waals surface area (Å²) in [5.74, 6) is -2.05. The fraction of sp³-hybridized carbons (Fsp3) is 0.615. The van der Waals surface area contributed by atoms with E-state index in [1.807, 2.05) is 12.1 Å². The fourth-order valence-electron chi connectivity index (χ4n) is 9.67. The lowest BCUT2D eigenvalue weighted by Crippen LogP contribution is -2.41. The zero-order valence-electron chi connectivity index (χ0n) is 43.3. The standard InChI is InChI=1S/C52H71F2N10O12P/c1-2-3-4-5-6-7-8-9-10-11-12-13-14-15-16-17-24-70-27-36(71-26-35-18-19-37(53)38(54)25-35)28-72-77(69,73-29-41-45(65)47(67)51(31-55,75-41)43-22-20-39-49(57)59-33-61-63(39)43)74-30-42-46(66)48(68)52(32-56,76-42)44-23-21-40-50(58)60-34-62-64(40)44/h18-23,25,33-34,36,41-42,45-48,65-68H,2-17,24,26-30H2,1H3,(H2,57,59,61)(H2,58,60,62)/t36-,41-,42-,45-,46-,47-,48-,51+,52+/m1/s1. The molecule has 8 N–H and O–H groups in total. The van der Waals surface area contributed by atoms with Crippen LogP contribution in [0, 0.1) is 34.3 Å². The second kappa shape index (κ2) is 28.0. The molecule has 420 valence electrons. The molecule has 7 rings (SSSR count). The minimum Gasteiger partial charge on any atom is -0.387 e. The third-order valence-corrected chi connectivity index (χ3v) is 15.5. The van der Waals surface area contributed by atoms with E-state index < -0.39 is 93.2 Å². The Kier molecular flexibility index (Phi) is 21.6. The van der Waals surface area contributed by atoms with Crippen molar-refractivity contribution in [2.75, 3.05) is 44.5 Å². The van der Waals surface area contributed by atoms with E-state index >= 15 is 0 Å². The van der Waals surface area contributed by atoms with Gasteiger partial charge in [0.15, 0.2) is 23.3 Å². The van der Waals surface area contributed by atoms with E-state index in [-0.39, 0.29) is 52.8 Å². The third-order valence-electron chi connectivity index (χ3n) is 14.1. The number of anilines is 2. The Morgan fingerprint density at radius 2 is 1.14 bits per heavy atom. The summed E-state index contributed by atoms with van der Waals surface area (Å²) in [5, 5.41) is 74.7. The molecule has 2 aliphatic heterocycles. The molecule has 5 aromatic rings. The summed E-state index contributed by atoms with van der Waals surface area (Å²) in [5.41, 5.74) is 8.23. The Morgan fingerprint density at radius 3 is 1.60 bits per heavy atom. The summed E-state index contributed by atoms with van der Waals surface area (Å²) in [7, 11) is -5.01. The number of aromatic nitrogens is 6. The molecule has 0 unspecified atom stereocenters. The number of benzene rings is 1. The van der Waals surface area contributed by atoms with Gasteiger partial charge in [0.2, 0.25) is 11.2 Å². The van der Waals surface area contributed by atoms with Crippen molar-refractivity contribution in [2.45, 2.75) is 170 Å². The molecule has 0 spiro atoms. The number of nitrogen functional groups attached to an aromatic ring is 2. The Balaban J connectivity index is 1.01. The highest BCUT2D eigenvalue weighted by atomic mass is 31.2. The maximum absolute atomic E-state index is 14.9. The maximum Gasteiger partial charge on any atom is 0.475 e. The van der Waals surface area contributed by atoms with Crippen molar-refractivity contribution >= 4 is 30.5 Å². The Bertz CT molecular complexity index is 2690. The van der Waals surface area contributed by atoms with Gasteiger partial charge < -0.3 is 50.8 Å². The molecular weight excluding hydrogens is 1030 g/mol. The van der Waals surface area contributed by atoms with Crippen LogP contribution in [0.3, 0.4) is 0 Å². The number of nitrogens with zero attached hydrogens (tertiary/aromatic N) is 8. The topological polar surface area (TPSA) is 323 Å². The number of hydrogen-bond donors (Lipinski definition) is 6. The molecule has 0 aliphatic carbocycles. The molecule has 22 nitrogen and oxygen atoms in total. The molecule has 9 atom stereocenters. The number of phosphoric acid groups is 1. The Hall–Kier alpha value is -5.31. The van der Waals surface area contributed by atoms with E-state index in [0.29, 0.717) is 6.61 Å². The number of halogens is 2. The van der Waals surface area contributed by atoms with E-state index in [2.05, 4.69) is 27.1 Å². The largest absolute Gasteiger partial charge is 0.475 e. The first-order chi connectivity index (χ1) is 37.2. The number of rotatable bonds is 33. The summed E-state index contributed by atoms with van der Waals surface area (Å²) >= 11 is 0. The average molecular weight is 1100 g/mol. The summed E-state index contributed by atoms with van der Waals surface area (Å²) in [4.78, 5) is 7.87. The van der Waals surface area contributed by atoms with Gasteiger partial charge in [-0.15, -0.1) is 0 Å². The molecule has 0 bridgehead atoms. The Morgan fingerprint density at radius 1 is 0.675 bits per heavy atom. The van der Waals surface area contributed by atoms with E-state index in [1.54, 1.807) is 0 Å². The van der Waals surface area contributed by atoms with Gasteiger partial charge in [-0.25, -0.2) is 32.3 Å². The van der Waals surface area contributed by atoms with E-state index in [0.717, 1.165) is 50.5 Å². The summed E-state index contributed by atoms with van der Waals surface area (Å²) in [6, 6.07) is 12.9. The van der Waals surface area contributed by atoms with Gasteiger partial charge in [0.05, 0.1) is 44.4 Å². The zero-order chi connectivity index (χ0) is 55.0. The summed E-state index contributed by atoms with van der Waals surface area (Å²) in [6.45, 7) is -0.130. The first kappa shape index (κ1) is 59.4. The predicted molar refractivity (Wildman–Crippen MR) is 274 cm³/mol. The highest BCUT2D eigenvalue weighted by Crippen LogP contribution is 2.52. The predicted octanol–water partition coefficient (Wildman–Crippen LogP) is 6.62. The van der Waals surface area contributed by atoms with Gasteiger partial charge in [-0.1, -0.05) is 109 Å². The zero-order valence-corrected chi connectivity index (χ0v) is 44.2. The van der Waals surface area contributed by atoms with Crippen LogP contribution in [0.1, 0.15) is 127 Å². The van der Waals surface area contributed by atoms with Gasteiger partial charge in [-0.3, -0.25) is 13.6 Å². The van der Waals surface area contributed by atoms with Crippen molar-refractivity contribution in [1.82, 2.24) is 29.2 Å². The molecule has 2 fully saturated rings. The molecule has 0 radical (unpaired) electrons. The minimum atomic E-state index is -5.01. The molecule has 77 heavy (non-hydrogen) atoms. The monoisotopic (exact) mass is 1100 g/mol. The van der Waals surface area contributed by atoms with Crippen LogP contribution in [-0.4, -0.2) is 125 Å². The molecule has 0 saturated carbocycles. The van der Waals surface area contributed by atoms with Crippen LogP contribution < -0.4 is 11.5 Å². The molecule has 0 amide bonds. The van der Waals surface area contributed by atoms with Gasteiger partial charge >= 0.3 is 7.82 Å². The highest BCUT2D eigenvalue weighted by molar-refractivity contribution is 7.48. The molecule has 2 saturated heterocycles. The number of ether oxygens (including phenoxy) is 4. The summed E-state index contributed by atoms with van der Waals surface area (Å²) < 4.78 is 86.9. The highest BCUT2D eigenvalue weighted by Gasteiger charge is 2.59. The first-order valence-electron chi connectivity index (χ1n) is 26.5. The van der Waals surface area contributed by atoms with Crippen LogP contribution in [0.25, 0.3) is 11.0 Å². The number of phosphoric ester groups is 1.